The molecule has 2 aromatic rings. The summed E-state index contributed by atoms with van der Waals surface area (Å²) in [5.74, 6) is 0.104. The number of pyridine rings is 1. The predicted molar refractivity (Wildman–Crippen MR) is 81.5 cm³/mol. The van der Waals surface area contributed by atoms with Gasteiger partial charge in [0.15, 0.2) is 0 Å². The summed E-state index contributed by atoms with van der Waals surface area (Å²) in [4.78, 5) is 5.83. The first-order chi connectivity index (χ1) is 9.29. The number of halogens is 1. The van der Waals surface area contributed by atoms with E-state index in [1.807, 2.05) is 19.1 Å². The smallest absolute Gasteiger partial charge is 0.242 e. The third-order valence-corrected chi connectivity index (χ3v) is 5.67. The maximum atomic E-state index is 12.2. The number of thiophene rings is 1. The highest BCUT2D eigenvalue weighted by atomic mass is 35.5. The fourth-order valence-corrected chi connectivity index (χ4v) is 4.00. The number of aromatic nitrogens is 1. The van der Waals surface area contributed by atoms with Gasteiger partial charge in [-0.3, -0.25) is 0 Å². The molecule has 0 bridgehead atoms. The molecule has 0 amide bonds. The topological polar surface area (TPSA) is 85.1 Å². The van der Waals surface area contributed by atoms with E-state index in [0.717, 1.165) is 9.75 Å². The van der Waals surface area contributed by atoms with E-state index < -0.39 is 10.0 Å². The molecule has 1 unspecified atom stereocenters. The van der Waals surface area contributed by atoms with Gasteiger partial charge in [0, 0.05) is 16.0 Å². The molecule has 8 heteroatoms. The second-order valence-electron chi connectivity index (χ2n) is 4.33. The van der Waals surface area contributed by atoms with Crippen molar-refractivity contribution in [2.45, 2.75) is 24.8 Å². The summed E-state index contributed by atoms with van der Waals surface area (Å²) in [5.41, 5.74) is 5.47. The Bertz CT molecular complexity index is 728. The van der Waals surface area contributed by atoms with Crippen molar-refractivity contribution in [2.75, 3.05) is 5.73 Å². The Morgan fingerprint density at radius 3 is 2.70 bits per heavy atom. The predicted octanol–water partition coefficient (Wildman–Crippen LogP) is 2.73. The van der Waals surface area contributed by atoms with Gasteiger partial charge in [-0.2, -0.15) is 0 Å². The van der Waals surface area contributed by atoms with Crippen molar-refractivity contribution in [3.8, 4) is 0 Å². The van der Waals surface area contributed by atoms with Crippen molar-refractivity contribution in [1.82, 2.24) is 9.71 Å². The first-order valence-electron chi connectivity index (χ1n) is 5.79. The molecule has 0 radical (unpaired) electrons. The Labute approximate surface area is 126 Å². The molecule has 0 aliphatic rings. The lowest BCUT2D eigenvalue weighted by atomic mass is 10.3. The van der Waals surface area contributed by atoms with Gasteiger partial charge in [-0.05, 0) is 32.0 Å². The molecule has 0 fully saturated rings. The van der Waals surface area contributed by atoms with E-state index in [4.69, 9.17) is 17.3 Å². The normalized spacial score (nSPS) is 13.3. The molecule has 0 aliphatic heterocycles. The van der Waals surface area contributed by atoms with Crippen molar-refractivity contribution in [2.24, 2.45) is 0 Å². The van der Waals surface area contributed by atoms with Crippen molar-refractivity contribution in [3.05, 3.63) is 39.2 Å². The Morgan fingerprint density at radius 2 is 2.15 bits per heavy atom. The largest absolute Gasteiger partial charge is 0.382 e. The monoisotopic (exact) mass is 331 g/mol. The average Bonchev–Trinajstić information content (AvgIpc) is 2.79. The van der Waals surface area contributed by atoms with Gasteiger partial charge in [-0.25, -0.2) is 18.1 Å². The minimum atomic E-state index is -3.68. The number of aryl methyl sites for hydroxylation is 1. The molecule has 1 atom stereocenters. The summed E-state index contributed by atoms with van der Waals surface area (Å²) in [6.45, 7) is 3.76. The van der Waals surface area contributed by atoms with Gasteiger partial charge < -0.3 is 5.73 Å². The number of hydrogen-bond donors (Lipinski definition) is 2. The molecule has 2 heterocycles. The molecule has 108 valence electrons. The Morgan fingerprint density at radius 1 is 1.45 bits per heavy atom. The second kappa shape index (κ2) is 5.69. The number of nitrogens with two attached hydrogens (primary N) is 1. The summed E-state index contributed by atoms with van der Waals surface area (Å²) in [5, 5.41) is 0.118. The molecule has 5 nitrogen and oxygen atoms in total. The molecule has 0 saturated heterocycles. The lowest BCUT2D eigenvalue weighted by Gasteiger charge is -2.13. The molecule has 3 N–H and O–H groups in total. The number of rotatable bonds is 4. The van der Waals surface area contributed by atoms with Crippen LogP contribution in [0.25, 0.3) is 0 Å². The average molecular weight is 332 g/mol. The zero-order valence-corrected chi connectivity index (χ0v) is 13.3. The number of nitrogens with one attached hydrogen (secondary N) is 1. The minimum Gasteiger partial charge on any atom is -0.382 e. The van der Waals surface area contributed by atoms with E-state index in [1.54, 1.807) is 18.3 Å². The van der Waals surface area contributed by atoms with Crippen LogP contribution in [0.3, 0.4) is 0 Å². The zero-order valence-electron chi connectivity index (χ0n) is 10.9. The molecule has 2 rings (SSSR count). The first-order valence-corrected chi connectivity index (χ1v) is 8.47. The minimum absolute atomic E-state index is 0.00294. The molecule has 0 saturated carbocycles. The highest BCUT2D eigenvalue weighted by Gasteiger charge is 2.20. The van der Waals surface area contributed by atoms with Crippen LogP contribution in [-0.2, 0) is 10.0 Å². The fourth-order valence-electron chi connectivity index (χ4n) is 1.62. The maximum absolute atomic E-state index is 12.2. The van der Waals surface area contributed by atoms with Gasteiger partial charge in [0.2, 0.25) is 10.0 Å². The number of anilines is 1. The maximum Gasteiger partial charge on any atom is 0.242 e. The van der Waals surface area contributed by atoms with Crippen LogP contribution in [0, 0.1) is 6.92 Å². The van der Waals surface area contributed by atoms with Gasteiger partial charge in [-0.15, -0.1) is 11.3 Å². The standard InChI is InChI=1S/C12H14ClN3O2S2/c1-7-3-4-11(19-7)8(2)16-20(17,18)9-5-10(13)12(14)15-6-9/h3-6,8,16H,1-2H3,(H2,14,15). The van der Waals surface area contributed by atoms with E-state index in [9.17, 15) is 8.42 Å². The van der Waals surface area contributed by atoms with Gasteiger partial charge in [0.25, 0.3) is 0 Å². The third kappa shape index (κ3) is 3.29. The van der Waals surface area contributed by atoms with E-state index in [-0.39, 0.29) is 21.8 Å². The SMILES string of the molecule is Cc1ccc(C(C)NS(=O)(=O)c2cnc(N)c(Cl)c2)s1. The Hall–Kier alpha value is -1.15. The number of sulfonamides is 1. The van der Waals surface area contributed by atoms with E-state index in [1.165, 1.54) is 12.3 Å². The van der Waals surface area contributed by atoms with Gasteiger partial charge in [0.1, 0.15) is 10.7 Å². The van der Waals surface area contributed by atoms with Gasteiger partial charge >= 0.3 is 0 Å². The fraction of sp³-hybridized carbons (Fsp3) is 0.250. The Kier molecular flexibility index (Phi) is 4.33. The highest BCUT2D eigenvalue weighted by molar-refractivity contribution is 7.89. The quantitative estimate of drug-likeness (QED) is 0.902. The van der Waals surface area contributed by atoms with E-state index in [2.05, 4.69) is 9.71 Å². The number of nitrogen functional groups attached to an aromatic ring is 1. The van der Waals surface area contributed by atoms with E-state index in [0.29, 0.717) is 0 Å². The lowest BCUT2D eigenvalue weighted by molar-refractivity contribution is 0.568. The molecular weight excluding hydrogens is 318 g/mol. The highest BCUT2D eigenvalue weighted by Crippen LogP contribution is 2.25. The Balaban J connectivity index is 2.24. The molecule has 20 heavy (non-hydrogen) atoms. The molecular formula is C12H14ClN3O2S2. The summed E-state index contributed by atoms with van der Waals surface area (Å²) < 4.78 is 27.1. The summed E-state index contributed by atoms with van der Waals surface area (Å²) >= 11 is 7.35. The zero-order chi connectivity index (χ0) is 14.9. The van der Waals surface area contributed by atoms with Crippen molar-refractivity contribution >= 4 is 38.8 Å². The molecule has 2 aromatic heterocycles. The van der Waals surface area contributed by atoms with Crippen LogP contribution in [0.2, 0.25) is 5.02 Å². The lowest BCUT2D eigenvalue weighted by Crippen LogP contribution is -2.26. The van der Waals surface area contributed by atoms with Crippen LogP contribution >= 0.6 is 22.9 Å². The van der Waals surface area contributed by atoms with Gasteiger partial charge in [-0.1, -0.05) is 11.6 Å². The van der Waals surface area contributed by atoms with Crippen molar-refractivity contribution in [1.29, 1.82) is 0 Å². The van der Waals surface area contributed by atoms with Crippen LogP contribution in [0.4, 0.5) is 5.82 Å². The third-order valence-electron chi connectivity index (χ3n) is 2.67. The number of hydrogen-bond acceptors (Lipinski definition) is 5. The number of nitrogens with zero attached hydrogens (tertiary/aromatic N) is 1. The second-order valence-corrected chi connectivity index (χ2v) is 7.77. The molecule has 0 aromatic carbocycles. The van der Waals surface area contributed by atoms with Crippen LogP contribution in [-0.4, -0.2) is 13.4 Å². The van der Waals surface area contributed by atoms with Crippen LogP contribution < -0.4 is 10.5 Å². The first kappa shape index (κ1) is 15.2. The van der Waals surface area contributed by atoms with Crippen LogP contribution in [0.5, 0.6) is 0 Å². The van der Waals surface area contributed by atoms with Crippen LogP contribution in [0.15, 0.2) is 29.3 Å². The molecule has 0 aliphatic carbocycles. The van der Waals surface area contributed by atoms with Gasteiger partial charge in [0.05, 0.1) is 11.1 Å². The van der Waals surface area contributed by atoms with Crippen LogP contribution in [0.1, 0.15) is 22.7 Å². The molecule has 0 spiro atoms. The summed E-state index contributed by atoms with van der Waals surface area (Å²) in [7, 11) is -3.68. The van der Waals surface area contributed by atoms with E-state index >= 15 is 0 Å². The van der Waals surface area contributed by atoms with Crippen molar-refractivity contribution < 1.29 is 8.42 Å². The van der Waals surface area contributed by atoms with Crippen molar-refractivity contribution in [3.63, 3.8) is 0 Å². The summed E-state index contributed by atoms with van der Waals surface area (Å²) in [6.07, 6.45) is 1.19. The summed E-state index contributed by atoms with van der Waals surface area (Å²) in [6, 6.07) is 4.82.